The van der Waals surface area contributed by atoms with Crippen LogP contribution in [0.1, 0.15) is 45.3 Å². The number of hydrogen-bond acceptors (Lipinski definition) is 5. The third-order valence-corrected chi connectivity index (χ3v) is 6.47. The molecular formula is C25H29ClO6. The maximum Gasteiger partial charge on any atom is 0.309 e. The molecule has 0 aromatic heterocycles. The molecule has 0 amide bonds. The molecule has 1 fully saturated rings. The van der Waals surface area contributed by atoms with Gasteiger partial charge in [-0.1, -0.05) is 18.5 Å². The van der Waals surface area contributed by atoms with Gasteiger partial charge in [-0.15, -0.1) is 0 Å². The van der Waals surface area contributed by atoms with Gasteiger partial charge in [-0.05, 0) is 69.2 Å². The zero-order chi connectivity index (χ0) is 22.9. The summed E-state index contributed by atoms with van der Waals surface area (Å²) in [5.74, 6) is 0.399. The SMILES string of the molecule is CCCOc1ccc2c(c1)[C@H]1O[C@@H](COc3ccc(Cl)cc3)[C@@H](C(=O)O)C[C@@H]1C(C)(C)O2. The first kappa shape index (κ1) is 22.7. The summed E-state index contributed by atoms with van der Waals surface area (Å²) in [6.07, 6.45) is 0.425. The van der Waals surface area contributed by atoms with Crippen molar-refractivity contribution < 1.29 is 28.8 Å². The zero-order valence-corrected chi connectivity index (χ0v) is 19.3. The van der Waals surface area contributed by atoms with Gasteiger partial charge in [0.15, 0.2) is 0 Å². The largest absolute Gasteiger partial charge is 0.494 e. The molecule has 0 aliphatic carbocycles. The first-order valence-corrected chi connectivity index (χ1v) is 11.4. The van der Waals surface area contributed by atoms with E-state index in [1.165, 1.54) is 0 Å². The van der Waals surface area contributed by atoms with Crippen LogP contribution < -0.4 is 14.2 Å². The minimum absolute atomic E-state index is 0.121. The molecule has 2 heterocycles. The maximum atomic E-state index is 12.1. The van der Waals surface area contributed by atoms with E-state index >= 15 is 0 Å². The Morgan fingerprint density at radius 1 is 1.16 bits per heavy atom. The molecule has 2 aliphatic rings. The van der Waals surface area contributed by atoms with Crippen LogP contribution in [-0.4, -0.2) is 36.0 Å². The topological polar surface area (TPSA) is 74.2 Å². The number of rotatable bonds is 7. The Morgan fingerprint density at radius 2 is 1.88 bits per heavy atom. The fourth-order valence-electron chi connectivity index (χ4n) is 4.50. The Kier molecular flexibility index (Phi) is 6.54. The van der Waals surface area contributed by atoms with Crippen LogP contribution in [0.4, 0.5) is 0 Å². The molecule has 0 unspecified atom stereocenters. The number of halogens is 1. The molecule has 0 radical (unpaired) electrons. The van der Waals surface area contributed by atoms with Gasteiger partial charge in [0.2, 0.25) is 0 Å². The lowest BCUT2D eigenvalue weighted by molar-refractivity contribution is -0.192. The van der Waals surface area contributed by atoms with E-state index in [0.717, 1.165) is 23.5 Å². The van der Waals surface area contributed by atoms with Crippen molar-refractivity contribution in [3.05, 3.63) is 53.1 Å². The summed E-state index contributed by atoms with van der Waals surface area (Å²) in [5.41, 5.74) is 0.322. The summed E-state index contributed by atoms with van der Waals surface area (Å²) < 4.78 is 24.4. The number of benzene rings is 2. The number of fused-ring (bicyclic) bond motifs is 3. The Balaban J connectivity index is 1.61. The highest BCUT2D eigenvalue weighted by Gasteiger charge is 2.52. The molecule has 7 heteroatoms. The molecule has 0 saturated carbocycles. The normalized spacial score (nSPS) is 25.8. The predicted octanol–water partition coefficient (Wildman–Crippen LogP) is 5.53. The van der Waals surface area contributed by atoms with E-state index < -0.39 is 23.6 Å². The highest BCUT2D eigenvalue weighted by atomic mass is 35.5. The number of ether oxygens (including phenoxy) is 4. The van der Waals surface area contributed by atoms with Gasteiger partial charge in [0.1, 0.15) is 35.6 Å². The smallest absolute Gasteiger partial charge is 0.309 e. The number of carboxylic acids is 1. The minimum atomic E-state index is -0.894. The molecule has 0 bridgehead atoms. The third kappa shape index (κ3) is 4.66. The summed E-state index contributed by atoms with van der Waals surface area (Å²) in [7, 11) is 0. The predicted molar refractivity (Wildman–Crippen MR) is 121 cm³/mol. The van der Waals surface area contributed by atoms with Gasteiger partial charge in [-0.2, -0.15) is 0 Å². The van der Waals surface area contributed by atoms with Crippen molar-refractivity contribution in [3.63, 3.8) is 0 Å². The Bertz CT molecular complexity index is 957. The second kappa shape index (κ2) is 9.20. The van der Waals surface area contributed by atoms with Gasteiger partial charge >= 0.3 is 5.97 Å². The molecular weight excluding hydrogens is 432 g/mol. The van der Waals surface area contributed by atoms with Crippen LogP contribution in [-0.2, 0) is 9.53 Å². The lowest BCUT2D eigenvalue weighted by Gasteiger charge is -2.50. The molecule has 0 spiro atoms. The fraction of sp³-hybridized carbons (Fsp3) is 0.480. The lowest BCUT2D eigenvalue weighted by atomic mass is 9.72. The van der Waals surface area contributed by atoms with Crippen molar-refractivity contribution in [1.82, 2.24) is 0 Å². The van der Waals surface area contributed by atoms with E-state index in [1.807, 2.05) is 32.0 Å². The average molecular weight is 461 g/mol. The molecule has 2 aliphatic heterocycles. The van der Waals surface area contributed by atoms with Crippen molar-refractivity contribution in [2.45, 2.75) is 51.4 Å². The average Bonchev–Trinajstić information content (AvgIpc) is 2.76. The van der Waals surface area contributed by atoms with Gasteiger partial charge in [0.25, 0.3) is 0 Å². The summed E-state index contributed by atoms with van der Waals surface area (Å²) in [4.78, 5) is 12.1. The summed E-state index contributed by atoms with van der Waals surface area (Å²) in [6.45, 7) is 6.79. The van der Waals surface area contributed by atoms with Gasteiger partial charge in [0, 0.05) is 16.5 Å². The molecule has 2 aromatic rings. The maximum absolute atomic E-state index is 12.1. The first-order chi connectivity index (χ1) is 15.3. The molecule has 4 atom stereocenters. The van der Waals surface area contributed by atoms with Crippen molar-refractivity contribution >= 4 is 17.6 Å². The highest BCUT2D eigenvalue weighted by molar-refractivity contribution is 6.30. The number of aliphatic carboxylic acids is 1. The Labute approximate surface area is 193 Å². The molecule has 1 saturated heterocycles. The monoisotopic (exact) mass is 460 g/mol. The van der Waals surface area contributed by atoms with Gasteiger partial charge in [-0.3, -0.25) is 4.79 Å². The Morgan fingerprint density at radius 3 is 2.56 bits per heavy atom. The second-order valence-corrected chi connectivity index (χ2v) is 9.34. The van der Waals surface area contributed by atoms with Crippen LogP contribution in [0, 0.1) is 11.8 Å². The van der Waals surface area contributed by atoms with Crippen LogP contribution in [0.25, 0.3) is 0 Å². The van der Waals surface area contributed by atoms with Crippen molar-refractivity contribution in [2.75, 3.05) is 13.2 Å². The Hall–Kier alpha value is -2.44. The molecule has 32 heavy (non-hydrogen) atoms. The van der Waals surface area contributed by atoms with Crippen molar-refractivity contribution in [1.29, 1.82) is 0 Å². The molecule has 2 aromatic carbocycles. The fourth-order valence-corrected chi connectivity index (χ4v) is 4.63. The third-order valence-electron chi connectivity index (χ3n) is 6.22. The van der Waals surface area contributed by atoms with Crippen LogP contribution in [0.5, 0.6) is 17.2 Å². The summed E-state index contributed by atoms with van der Waals surface area (Å²) >= 11 is 5.94. The quantitative estimate of drug-likeness (QED) is 0.586. The lowest BCUT2D eigenvalue weighted by Crippen LogP contribution is -2.53. The van der Waals surface area contributed by atoms with Gasteiger partial charge in [0.05, 0.1) is 18.6 Å². The first-order valence-electron chi connectivity index (χ1n) is 11.0. The van der Waals surface area contributed by atoms with E-state index in [-0.39, 0.29) is 18.6 Å². The summed E-state index contributed by atoms with van der Waals surface area (Å²) in [6, 6.07) is 12.7. The molecule has 1 N–H and O–H groups in total. The van der Waals surface area contributed by atoms with Crippen molar-refractivity contribution in [2.24, 2.45) is 11.8 Å². The van der Waals surface area contributed by atoms with Crippen molar-refractivity contribution in [3.8, 4) is 17.2 Å². The van der Waals surface area contributed by atoms with E-state index in [2.05, 4.69) is 6.92 Å². The summed E-state index contributed by atoms with van der Waals surface area (Å²) in [5, 5.41) is 10.5. The van der Waals surface area contributed by atoms with Crippen LogP contribution in [0.2, 0.25) is 5.02 Å². The number of carbonyl (C=O) groups is 1. The minimum Gasteiger partial charge on any atom is -0.494 e. The zero-order valence-electron chi connectivity index (χ0n) is 18.5. The van der Waals surface area contributed by atoms with E-state index in [9.17, 15) is 9.90 Å². The standard InChI is InChI=1S/C25H29ClO6/c1-4-11-29-17-9-10-21-18(12-17)23-20(25(2,3)32-21)13-19(24(27)28)22(31-23)14-30-16-7-5-15(26)6-8-16/h5-10,12,19-20,22-23H,4,11,13-14H2,1-3H3,(H,27,28)/t19-,20-,22-,23+/m0/s1. The van der Waals surface area contributed by atoms with E-state index in [4.69, 9.17) is 30.5 Å². The van der Waals surface area contributed by atoms with Crippen LogP contribution in [0.3, 0.4) is 0 Å². The van der Waals surface area contributed by atoms with Gasteiger partial charge in [-0.25, -0.2) is 0 Å². The van der Waals surface area contributed by atoms with E-state index in [1.54, 1.807) is 24.3 Å². The number of carboxylic acid groups (broad SMARTS) is 1. The van der Waals surface area contributed by atoms with Crippen LogP contribution in [0.15, 0.2) is 42.5 Å². The number of hydrogen-bond donors (Lipinski definition) is 1. The molecule has 6 nitrogen and oxygen atoms in total. The second-order valence-electron chi connectivity index (χ2n) is 8.90. The highest BCUT2D eigenvalue weighted by Crippen LogP contribution is 2.52. The molecule has 4 rings (SSSR count). The van der Waals surface area contributed by atoms with E-state index in [0.29, 0.717) is 23.8 Å². The van der Waals surface area contributed by atoms with Crippen LogP contribution >= 0.6 is 11.6 Å². The molecule has 172 valence electrons. The van der Waals surface area contributed by atoms with Gasteiger partial charge < -0.3 is 24.1 Å².